The maximum Gasteiger partial charge on any atom is 0.310 e. The van der Waals surface area contributed by atoms with Crippen molar-refractivity contribution in [2.45, 2.75) is 51.7 Å². The van der Waals surface area contributed by atoms with Crippen molar-refractivity contribution >= 4 is 32.8 Å². The van der Waals surface area contributed by atoms with E-state index in [1.54, 1.807) is 0 Å². The maximum atomic E-state index is 11.9. The Kier molecular flexibility index (Phi) is 6.19. The van der Waals surface area contributed by atoms with E-state index in [9.17, 15) is 4.79 Å². The highest BCUT2D eigenvalue weighted by Crippen LogP contribution is 2.34. The van der Waals surface area contributed by atoms with Gasteiger partial charge in [-0.3, -0.25) is 9.48 Å². The third-order valence-electron chi connectivity index (χ3n) is 5.41. The fourth-order valence-corrected chi connectivity index (χ4v) is 4.39. The average molecular weight is 457 g/mol. The Bertz CT molecular complexity index is 1010. The standard InChI is InChI=1S/C23H25BrN2O3/c1-2-28-23(27)13-16-7-3-6-10-22(16)29-15-21-19-14-17(24)11-12-20(19)25-26(21)18-8-4-5-9-18/h3,6-7,10-12,14,18H,2,4-5,8-9,13,15H2,1H3. The lowest BCUT2D eigenvalue weighted by Gasteiger charge is -2.16. The Morgan fingerprint density at radius 1 is 1.21 bits per heavy atom. The van der Waals surface area contributed by atoms with Crippen molar-refractivity contribution in [3.63, 3.8) is 0 Å². The molecule has 1 heterocycles. The molecule has 1 aliphatic carbocycles. The van der Waals surface area contributed by atoms with Crippen LogP contribution in [-0.4, -0.2) is 22.4 Å². The maximum absolute atomic E-state index is 11.9. The number of fused-ring (bicyclic) bond motifs is 1. The first-order chi connectivity index (χ1) is 14.2. The molecule has 6 heteroatoms. The van der Waals surface area contributed by atoms with Crippen LogP contribution in [0.25, 0.3) is 10.9 Å². The minimum Gasteiger partial charge on any atom is -0.487 e. The van der Waals surface area contributed by atoms with Gasteiger partial charge in [-0.05, 0) is 44.0 Å². The summed E-state index contributed by atoms with van der Waals surface area (Å²) in [5, 5.41) is 5.99. The Balaban J connectivity index is 1.62. The van der Waals surface area contributed by atoms with Gasteiger partial charge in [0.15, 0.2) is 0 Å². The first kappa shape index (κ1) is 20.0. The van der Waals surface area contributed by atoms with Crippen molar-refractivity contribution in [1.29, 1.82) is 0 Å². The van der Waals surface area contributed by atoms with Crippen LogP contribution in [0.15, 0.2) is 46.9 Å². The van der Waals surface area contributed by atoms with Crippen LogP contribution in [0, 0.1) is 0 Å². The summed E-state index contributed by atoms with van der Waals surface area (Å²) in [6.45, 7) is 2.60. The van der Waals surface area contributed by atoms with Crippen LogP contribution in [0.2, 0.25) is 0 Å². The molecular formula is C23H25BrN2O3. The smallest absolute Gasteiger partial charge is 0.310 e. The van der Waals surface area contributed by atoms with E-state index in [1.807, 2.05) is 43.3 Å². The molecule has 0 amide bonds. The number of hydrogen-bond donors (Lipinski definition) is 0. The van der Waals surface area contributed by atoms with Gasteiger partial charge in [-0.2, -0.15) is 5.10 Å². The second-order valence-electron chi connectivity index (χ2n) is 7.37. The molecular weight excluding hydrogens is 432 g/mol. The third kappa shape index (κ3) is 4.47. The van der Waals surface area contributed by atoms with Crippen molar-refractivity contribution < 1.29 is 14.3 Å². The van der Waals surface area contributed by atoms with E-state index in [0.717, 1.165) is 39.5 Å². The van der Waals surface area contributed by atoms with Crippen LogP contribution in [0.5, 0.6) is 5.75 Å². The molecule has 0 atom stereocenters. The Morgan fingerprint density at radius 2 is 2.00 bits per heavy atom. The lowest BCUT2D eigenvalue weighted by molar-refractivity contribution is -0.142. The number of para-hydroxylation sites is 1. The molecule has 29 heavy (non-hydrogen) atoms. The molecule has 4 rings (SSSR count). The zero-order valence-electron chi connectivity index (χ0n) is 16.6. The highest BCUT2D eigenvalue weighted by molar-refractivity contribution is 9.10. The fraction of sp³-hybridized carbons (Fsp3) is 0.391. The molecule has 0 saturated heterocycles. The van der Waals surface area contributed by atoms with Crippen LogP contribution in [0.3, 0.4) is 0 Å². The lowest BCUT2D eigenvalue weighted by atomic mass is 10.1. The number of hydrogen-bond acceptors (Lipinski definition) is 4. The van der Waals surface area contributed by atoms with Gasteiger partial charge in [-0.15, -0.1) is 0 Å². The quantitative estimate of drug-likeness (QED) is 0.434. The second kappa shape index (κ2) is 8.99. The Morgan fingerprint density at radius 3 is 2.79 bits per heavy atom. The summed E-state index contributed by atoms with van der Waals surface area (Å²) in [4.78, 5) is 11.9. The number of benzene rings is 2. The summed E-state index contributed by atoms with van der Waals surface area (Å²) in [7, 11) is 0. The van der Waals surface area contributed by atoms with Gasteiger partial charge in [0, 0.05) is 15.4 Å². The largest absolute Gasteiger partial charge is 0.487 e. The predicted octanol–water partition coefficient (Wildman–Crippen LogP) is 5.60. The molecule has 0 unspecified atom stereocenters. The average Bonchev–Trinajstić information content (AvgIpc) is 3.35. The monoisotopic (exact) mass is 456 g/mol. The van der Waals surface area contributed by atoms with Gasteiger partial charge in [0.1, 0.15) is 12.4 Å². The Labute approximate surface area is 179 Å². The summed E-state index contributed by atoms with van der Waals surface area (Å²) >= 11 is 3.58. The van der Waals surface area contributed by atoms with E-state index in [0.29, 0.717) is 25.0 Å². The molecule has 2 aromatic carbocycles. The van der Waals surface area contributed by atoms with E-state index in [4.69, 9.17) is 14.6 Å². The van der Waals surface area contributed by atoms with Gasteiger partial charge in [0.05, 0.1) is 30.3 Å². The van der Waals surface area contributed by atoms with Crippen molar-refractivity contribution in [3.05, 3.63) is 58.2 Å². The van der Waals surface area contributed by atoms with Gasteiger partial charge < -0.3 is 9.47 Å². The molecule has 1 saturated carbocycles. The third-order valence-corrected chi connectivity index (χ3v) is 5.90. The number of ether oxygens (including phenoxy) is 2. The van der Waals surface area contributed by atoms with Crippen molar-refractivity contribution in [2.24, 2.45) is 0 Å². The number of nitrogens with zero attached hydrogens (tertiary/aromatic N) is 2. The zero-order chi connectivity index (χ0) is 20.2. The zero-order valence-corrected chi connectivity index (χ0v) is 18.2. The molecule has 1 aliphatic rings. The molecule has 0 bridgehead atoms. The predicted molar refractivity (Wildman–Crippen MR) is 116 cm³/mol. The van der Waals surface area contributed by atoms with Gasteiger partial charge in [-0.1, -0.05) is 47.0 Å². The van der Waals surface area contributed by atoms with E-state index in [1.165, 1.54) is 12.8 Å². The summed E-state index contributed by atoms with van der Waals surface area (Å²) in [6.07, 6.45) is 5.00. The highest BCUT2D eigenvalue weighted by Gasteiger charge is 2.23. The number of aromatic nitrogens is 2. The summed E-state index contributed by atoms with van der Waals surface area (Å²) in [6, 6.07) is 14.3. The summed E-state index contributed by atoms with van der Waals surface area (Å²) < 4.78 is 14.5. The number of carbonyl (C=O) groups is 1. The fourth-order valence-electron chi connectivity index (χ4n) is 4.03. The molecule has 0 spiro atoms. The number of carbonyl (C=O) groups excluding carboxylic acids is 1. The number of rotatable bonds is 7. The molecule has 3 aromatic rings. The SMILES string of the molecule is CCOC(=O)Cc1ccccc1OCc1c2cc(Br)ccc2nn1C1CCCC1. The lowest BCUT2D eigenvalue weighted by Crippen LogP contribution is -2.13. The molecule has 0 N–H and O–H groups in total. The molecule has 5 nitrogen and oxygen atoms in total. The van der Waals surface area contributed by atoms with Crippen LogP contribution < -0.4 is 4.74 Å². The van der Waals surface area contributed by atoms with E-state index >= 15 is 0 Å². The first-order valence-corrected chi connectivity index (χ1v) is 11.0. The molecule has 152 valence electrons. The second-order valence-corrected chi connectivity index (χ2v) is 8.28. The summed E-state index contributed by atoms with van der Waals surface area (Å²) in [5.74, 6) is 0.469. The molecule has 0 radical (unpaired) electrons. The van der Waals surface area contributed by atoms with Crippen LogP contribution in [0.4, 0.5) is 0 Å². The molecule has 1 aromatic heterocycles. The van der Waals surface area contributed by atoms with Crippen LogP contribution in [-0.2, 0) is 22.6 Å². The van der Waals surface area contributed by atoms with E-state index in [-0.39, 0.29) is 12.4 Å². The van der Waals surface area contributed by atoms with Gasteiger partial charge in [0.25, 0.3) is 0 Å². The number of esters is 1. The van der Waals surface area contributed by atoms with Crippen molar-refractivity contribution in [2.75, 3.05) is 6.61 Å². The topological polar surface area (TPSA) is 53.4 Å². The summed E-state index contributed by atoms with van der Waals surface area (Å²) in [5.41, 5.74) is 2.90. The van der Waals surface area contributed by atoms with Crippen molar-refractivity contribution in [1.82, 2.24) is 9.78 Å². The van der Waals surface area contributed by atoms with E-state index < -0.39 is 0 Å². The normalized spacial score (nSPS) is 14.4. The first-order valence-electron chi connectivity index (χ1n) is 10.2. The van der Waals surface area contributed by atoms with E-state index in [2.05, 4.69) is 26.7 Å². The minimum atomic E-state index is -0.242. The van der Waals surface area contributed by atoms with Crippen LogP contribution >= 0.6 is 15.9 Å². The number of halogens is 1. The van der Waals surface area contributed by atoms with Gasteiger partial charge in [0.2, 0.25) is 0 Å². The highest BCUT2D eigenvalue weighted by atomic mass is 79.9. The minimum absolute atomic E-state index is 0.207. The van der Waals surface area contributed by atoms with Crippen LogP contribution in [0.1, 0.15) is 49.9 Å². The van der Waals surface area contributed by atoms with Crippen molar-refractivity contribution in [3.8, 4) is 5.75 Å². The van der Waals surface area contributed by atoms with Gasteiger partial charge in [-0.25, -0.2) is 0 Å². The molecule has 0 aliphatic heterocycles. The molecule has 1 fully saturated rings. The van der Waals surface area contributed by atoms with Gasteiger partial charge >= 0.3 is 5.97 Å². The Hall–Kier alpha value is -2.34.